The van der Waals surface area contributed by atoms with Gasteiger partial charge < -0.3 is 9.80 Å². The van der Waals surface area contributed by atoms with Crippen molar-refractivity contribution in [2.45, 2.75) is 39.3 Å². The molecule has 1 aliphatic heterocycles. The van der Waals surface area contributed by atoms with Gasteiger partial charge in [-0.25, -0.2) is 0 Å². The summed E-state index contributed by atoms with van der Waals surface area (Å²) in [7, 11) is 1.67. The summed E-state index contributed by atoms with van der Waals surface area (Å²) in [5.41, 5.74) is -0.283. The molecule has 2 amide bonds. The van der Waals surface area contributed by atoms with Crippen molar-refractivity contribution in [1.29, 1.82) is 0 Å². The highest BCUT2D eigenvalue weighted by Crippen LogP contribution is 2.37. The lowest BCUT2D eigenvalue weighted by atomic mass is 9.87. The molecular formula is C20H27F3N2O2. The van der Waals surface area contributed by atoms with E-state index in [2.05, 4.69) is 0 Å². The standard InChI is InChI=1S/C20H27F3N2O2/c1-5-24(4)19(27)17-12-25(18(26)9-13(2)3)11-16(17)14-7-6-8-15(10-14)20(21,22)23/h6-8,10,13,16-17H,5,9,11-12H2,1-4H3/t16-,17-/m0/s1. The van der Waals surface area contributed by atoms with Gasteiger partial charge in [-0.15, -0.1) is 0 Å². The predicted octanol–water partition coefficient (Wildman–Crippen LogP) is 3.77. The van der Waals surface area contributed by atoms with Crippen LogP contribution in [0.5, 0.6) is 0 Å². The number of carbonyl (C=O) groups is 2. The van der Waals surface area contributed by atoms with E-state index in [0.29, 0.717) is 18.5 Å². The third kappa shape index (κ3) is 5.02. The summed E-state index contributed by atoms with van der Waals surface area (Å²) in [5.74, 6) is -0.992. The fourth-order valence-electron chi connectivity index (χ4n) is 3.46. The van der Waals surface area contributed by atoms with Crippen molar-refractivity contribution in [3.8, 4) is 0 Å². The van der Waals surface area contributed by atoms with Crippen molar-refractivity contribution in [2.75, 3.05) is 26.7 Å². The molecule has 0 saturated carbocycles. The first kappa shape index (κ1) is 21.3. The Bertz CT molecular complexity index is 688. The van der Waals surface area contributed by atoms with Crippen LogP contribution in [0.25, 0.3) is 0 Å². The molecule has 1 aliphatic rings. The van der Waals surface area contributed by atoms with Crippen LogP contribution < -0.4 is 0 Å². The second-order valence-corrected chi connectivity index (χ2v) is 7.59. The van der Waals surface area contributed by atoms with Gasteiger partial charge >= 0.3 is 6.18 Å². The van der Waals surface area contributed by atoms with E-state index in [0.717, 1.165) is 12.1 Å². The maximum atomic E-state index is 13.1. The Labute approximate surface area is 158 Å². The number of alkyl halides is 3. The van der Waals surface area contributed by atoms with Gasteiger partial charge in [-0.3, -0.25) is 9.59 Å². The molecule has 1 saturated heterocycles. The number of hydrogen-bond donors (Lipinski definition) is 0. The summed E-state index contributed by atoms with van der Waals surface area (Å²) in [4.78, 5) is 28.5. The van der Waals surface area contributed by atoms with Gasteiger partial charge in [-0.2, -0.15) is 13.2 Å². The summed E-state index contributed by atoms with van der Waals surface area (Å²) in [6.07, 6.45) is -4.08. The molecule has 2 atom stereocenters. The number of nitrogens with zero attached hydrogens (tertiary/aromatic N) is 2. The molecule has 0 spiro atoms. The summed E-state index contributed by atoms with van der Waals surface area (Å²) >= 11 is 0. The van der Waals surface area contributed by atoms with E-state index in [9.17, 15) is 22.8 Å². The van der Waals surface area contributed by atoms with E-state index in [1.54, 1.807) is 22.9 Å². The Morgan fingerprint density at radius 2 is 1.93 bits per heavy atom. The van der Waals surface area contributed by atoms with Gasteiger partial charge in [0.2, 0.25) is 11.8 Å². The molecule has 4 nitrogen and oxygen atoms in total. The summed E-state index contributed by atoms with van der Waals surface area (Å²) < 4.78 is 39.3. The van der Waals surface area contributed by atoms with Crippen molar-refractivity contribution in [1.82, 2.24) is 9.80 Å². The first-order chi connectivity index (χ1) is 12.5. The molecule has 150 valence electrons. The molecule has 0 bridgehead atoms. The first-order valence-corrected chi connectivity index (χ1v) is 9.24. The van der Waals surface area contributed by atoms with Gasteiger partial charge in [0.05, 0.1) is 11.5 Å². The van der Waals surface area contributed by atoms with E-state index in [1.807, 2.05) is 20.8 Å². The molecule has 0 aromatic heterocycles. The molecule has 1 aromatic rings. The normalized spacial score (nSPS) is 20.2. The van der Waals surface area contributed by atoms with Crippen molar-refractivity contribution in [2.24, 2.45) is 11.8 Å². The number of carbonyl (C=O) groups excluding carboxylic acids is 2. The second-order valence-electron chi connectivity index (χ2n) is 7.59. The first-order valence-electron chi connectivity index (χ1n) is 9.24. The molecule has 2 rings (SSSR count). The molecule has 0 radical (unpaired) electrons. The third-order valence-corrected chi connectivity index (χ3v) is 5.07. The zero-order valence-corrected chi connectivity index (χ0v) is 16.2. The van der Waals surface area contributed by atoms with Crippen LogP contribution in [0, 0.1) is 11.8 Å². The zero-order chi connectivity index (χ0) is 20.4. The van der Waals surface area contributed by atoms with Crippen LogP contribution in [0.4, 0.5) is 13.2 Å². The number of benzene rings is 1. The smallest absolute Gasteiger partial charge is 0.346 e. The predicted molar refractivity (Wildman–Crippen MR) is 97.0 cm³/mol. The number of likely N-dealkylation sites (tertiary alicyclic amines) is 1. The lowest BCUT2D eigenvalue weighted by Gasteiger charge is -2.24. The van der Waals surface area contributed by atoms with Crippen LogP contribution in [0.1, 0.15) is 44.2 Å². The maximum absolute atomic E-state index is 13.1. The average Bonchev–Trinajstić information content (AvgIpc) is 3.04. The van der Waals surface area contributed by atoms with E-state index >= 15 is 0 Å². The van der Waals surface area contributed by atoms with Crippen molar-refractivity contribution >= 4 is 11.8 Å². The second kappa shape index (κ2) is 8.31. The van der Waals surface area contributed by atoms with Gasteiger partial charge in [-0.1, -0.05) is 32.0 Å². The van der Waals surface area contributed by atoms with Gasteiger partial charge in [0, 0.05) is 39.0 Å². The Morgan fingerprint density at radius 1 is 1.26 bits per heavy atom. The summed E-state index contributed by atoms with van der Waals surface area (Å²) in [5, 5.41) is 0. The average molecular weight is 384 g/mol. The fourth-order valence-corrected chi connectivity index (χ4v) is 3.46. The Morgan fingerprint density at radius 3 is 2.48 bits per heavy atom. The van der Waals surface area contributed by atoms with E-state index < -0.39 is 23.6 Å². The lowest BCUT2D eigenvalue weighted by molar-refractivity contribution is -0.137. The number of halogens is 3. The maximum Gasteiger partial charge on any atom is 0.416 e. The monoisotopic (exact) mass is 384 g/mol. The van der Waals surface area contributed by atoms with Gasteiger partial charge in [0.1, 0.15) is 0 Å². The highest BCUT2D eigenvalue weighted by Gasteiger charge is 2.42. The Hall–Kier alpha value is -2.05. The van der Waals surface area contributed by atoms with Crippen LogP contribution in [0.2, 0.25) is 0 Å². The minimum Gasteiger partial charge on any atom is -0.346 e. The molecule has 1 aromatic carbocycles. The number of amides is 2. The van der Waals surface area contributed by atoms with Crippen LogP contribution in [-0.4, -0.2) is 48.3 Å². The van der Waals surface area contributed by atoms with E-state index in [1.165, 1.54) is 6.07 Å². The quantitative estimate of drug-likeness (QED) is 0.775. The highest BCUT2D eigenvalue weighted by molar-refractivity contribution is 5.83. The minimum atomic E-state index is -4.44. The van der Waals surface area contributed by atoms with Crippen LogP contribution in [-0.2, 0) is 15.8 Å². The van der Waals surface area contributed by atoms with E-state index in [4.69, 9.17) is 0 Å². The zero-order valence-electron chi connectivity index (χ0n) is 16.2. The number of rotatable bonds is 5. The van der Waals surface area contributed by atoms with Crippen LogP contribution >= 0.6 is 0 Å². The molecule has 0 aliphatic carbocycles. The van der Waals surface area contributed by atoms with Gasteiger partial charge in [-0.05, 0) is 24.5 Å². The lowest BCUT2D eigenvalue weighted by Crippen LogP contribution is -2.37. The molecule has 1 fully saturated rings. The summed E-state index contributed by atoms with van der Waals surface area (Å²) in [6, 6.07) is 5.10. The van der Waals surface area contributed by atoms with Crippen molar-refractivity contribution < 1.29 is 22.8 Å². The molecule has 0 unspecified atom stereocenters. The highest BCUT2D eigenvalue weighted by atomic mass is 19.4. The molecule has 0 N–H and O–H groups in total. The van der Waals surface area contributed by atoms with Crippen LogP contribution in [0.15, 0.2) is 24.3 Å². The van der Waals surface area contributed by atoms with Crippen molar-refractivity contribution in [3.05, 3.63) is 35.4 Å². The topological polar surface area (TPSA) is 40.6 Å². The van der Waals surface area contributed by atoms with Crippen molar-refractivity contribution in [3.63, 3.8) is 0 Å². The third-order valence-electron chi connectivity index (χ3n) is 5.07. The molecule has 7 heteroatoms. The largest absolute Gasteiger partial charge is 0.416 e. The molecule has 27 heavy (non-hydrogen) atoms. The Balaban J connectivity index is 2.35. The fraction of sp³-hybridized carbons (Fsp3) is 0.600. The SMILES string of the molecule is CCN(C)C(=O)[C@H]1CN(C(=O)CC(C)C)C[C@H]1c1cccc(C(F)(F)F)c1. The van der Waals surface area contributed by atoms with E-state index in [-0.39, 0.29) is 30.8 Å². The number of hydrogen-bond acceptors (Lipinski definition) is 2. The van der Waals surface area contributed by atoms with Gasteiger partial charge in [0.25, 0.3) is 0 Å². The molecular weight excluding hydrogens is 357 g/mol. The summed E-state index contributed by atoms with van der Waals surface area (Å²) in [6.45, 7) is 6.73. The van der Waals surface area contributed by atoms with Crippen LogP contribution in [0.3, 0.4) is 0 Å². The molecule has 1 heterocycles. The van der Waals surface area contributed by atoms with Gasteiger partial charge in [0.15, 0.2) is 0 Å². The minimum absolute atomic E-state index is 0.0589. The Kier molecular flexibility index (Phi) is 6.54.